The molecular formula is C7H16O3. The second kappa shape index (κ2) is 5.65. The molecule has 62 valence electrons. The third kappa shape index (κ3) is 4.73. The maximum absolute atomic E-state index is 8.80. The first-order valence-electron chi connectivity index (χ1n) is 3.53. The average Bonchev–Trinajstić information content (AvgIpc) is 1.86. The number of hydrogen-bond acceptors (Lipinski definition) is 3. The zero-order valence-corrected chi connectivity index (χ0v) is 6.83. The van der Waals surface area contributed by atoms with Crippen molar-refractivity contribution in [1.82, 2.24) is 0 Å². The summed E-state index contributed by atoms with van der Waals surface area (Å²) in [6.45, 7) is 4.13. The molecule has 0 fully saturated rings. The van der Waals surface area contributed by atoms with Crippen LogP contribution in [-0.4, -0.2) is 31.2 Å². The molecule has 0 aliphatic carbocycles. The van der Waals surface area contributed by atoms with Crippen LogP contribution in [0.5, 0.6) is 0 Å². The molecule has 2 unspecified atom stereocenters. The molecule has 2 atom stereocenters. The first kappa shape index (κ1) is 9.88. The number of rotatable bonds is 5. The van der Waals surface area contributed by atoms with E-state index in [1.54, 1.807) is 14.0 Å². The van der Waals surface area contributed by atoms with Gasteiger partial charge in [0.25, 0.3) is 0 Å². The van der Waals surface area contributed by atoms with Crippen LogP contribution in [0.2, 0.25) is 0 Å². The van der Waals surface area contributed by atoms with Gasteiger partial charge in [0.1, 0.15) is 0 Å². The highest BCUT2D eigenvalue weighted by atomic mass is 16.6. The molecule has 0 heterocycles. The van der Waals surface area contributed by atoms with Crippen LogP contribution in [0.15, 0.2) is 0 Å². The van der Waals surface area contributed by atoms with Gasteiger partial charge in [-0.3, -0.25) is 0 Å². The number of methoxy groups -OCH3 is 1. The zero-order chi connectivity index (χ0) is 7.98. The Morgan fingerprint density at radius 2 is 2.10 bits per heavy atom. The number of aliphatic hydroxyl groups is 1. The summed E-state index contributed by atoms with van der Waals surface area (Å²) in [4.78, 5) is 0. The molecule has 0 aromatic carbocycles. The minimum atomic E-state index is -0.694. The van der Waals surface area contributed by atoms with E-state index in [1.807, 2.05) is 6.92 Å². The first-order valence-corrected chi connectivity index (χ1v) is 3.53. The second-order valence-corrected chi connectivity index (χ2v) is 2.22. The summed E-state index contributed by atoms with van der Waals surface area (Å²) in [6, 6.07) is 0. The van der Waals surface area contributed by atoms with Crippen LogP contribution in [0.3, 0.4) is 0 Å². The molecule has 3 heteroatoms. The lowest BCUT2D eigenvalue weighted by Crippen LogP contribution is -2.23. The largest absolute Gasteiger partial charge is 0.382 e. The van der Waals surface area contributed by atoms with Crippen molar-refractivity contribution in [2.24, 2.45) is 0 Å². The molecule has 0 aliphatic heterocycles. The molecule has 0 aromatic heterocycles. The normalized spacial score (nSPS) is 16.8. The van der Waals surface area contributed by atoms with E-state index in [-0.39, 0.29) is 6.10 Å². The Morgan fingerprint density at radius 3 is 2.40 bits per heavy atom. The van der Waals surface area contributed by atoms with Gasteiger partial charge >= 0.3 is 0 Å². The Labute approximate surface area is 62.0 Å². The lowest BCUT2D eigenvalue weighted by atomic mass is 10.3. The zero-order valence-electron chi connectivity index (χ0n) is 6.83. The molecule has 0 aliphatic rings. The summed E-state index contributed by atoms with van der Waals surface area (Å²) >= 11 is 0. The SMILES string of the molecule is CCC(COC)OC(C)O. The van der Waals surface area contributed by atoms with Gasteiger partial charge in [0.05, 0.1) is 12.7 Å². The highest BCUT2D eigenvalue weighted by Crippen LogP contribution is 2.00. The minimum absolute atomic E-state index is 0.0185. The van der Waals surface area contributed by atoms with Gasteiger partial charge in [0, 0.05) is 7.11 Å². The van der Waals surface area contributed by atoms with Crippen molar-refractivity contribution in [3.8, 4) is 0 Å². The first-order chi connectivity index (χ1) is 4.70. The van der Waals surface area contributed by atoms with Gasteiger partial charge in [-0.25, -0.2) is 0 Å². The van der Waals surface area contributed by atoms with Gasteiger partial charge in [0.2, 0.25) is 0 Å². The van der Waals surface area contributed by atoms with E-state index >= 15 is 0 Å². The quantitative estimate of drug-likeness (QED) is 0.585. The Kier molecular flexibility index (Phi) is 5.58. The van der Waals surface area contributed by atoms with Crippen LogP contribution in [0.4, 0.5) is 0 Å². The third-order valence-electron chi connectivity index (χ3n) is 1.20. The topological polar surface area (TPSA) is 38.7 Å². The van der Waals surface area contributed by atoms with Crippen LogP contribution in [0.1, 0.15) is 20.3 Å². The Morgan fingerprint density at radius 1 is 1.50 bits per heavy atom. The van der Waals surface area contributed by atoms with Crippen LogP contribution in [-0.2, 0) is 9.47 Å². The summed E-state index contributed by atoms with van der Waals surface area (Å²) in [5, 5.41) is 8.80. The van der Waals surface area contributed by atoms with Gasteiger partial charge in [-0.1, -0.05) is 6.92 Å². The monoisotopic (exact) mass is 148 g/mol. The Bertz CT molecular complexity index is 73.3. The standard InChI is InChI=1S/C7H16O3/c1-4-7(5-9-3)10-6(2)8/h6-8H,4-5H2,1-3H3. The smallest absolute Gasteiger partial charge is 0.152 e. The van der Waals surface area contributed by atoms with Gasteiger partial charge < -0.3 is 14.6 Å². The third-order valence-corrected chi connectivity index (χ3v) is 1.20. The van der Waals surface area contributed by atoms with Crippen molar-refractivity contribution in [1.29, 1.82) is 0 Å². The van der Waals surface area contributed by atoms with E-state index in [0.717, 1.165) is 6.42 Å². The van der Waals surface area contributed by atoms with E-state index in [0.29, 0.717) is 6.61 Å². The van der Waals surface area contributed by atoms with Crippen molar-refractivity contribution < 1.29 is 14.6 Å². The fourth-order valence-electron chi connectivity index (χ4n) is 0.718. The van der Waals surface area contributed by atoms with Crippen molar-refractivity contribution in [2.45, 2.75) is 32.7 Å². The average molecular weight is 148 g/mol. The van der Waals surface area contributed by atoms with Gasteiger partial charge in [-0.05, 0) is 13.3 Å². The molecule has 1 N–H and O–H groups in total. The highest BCUT2D eigenvalue weighted by molar-refractivity contribution is 4.52. The molecule has 0 bridgehead atoms. The number of aliphatic hydroxyl groups excluding tert-OH is 1. The van der Waals surface area contributed by atoms with Gasteiger partial charge in [0.15, 0.2) is 6.29 Å². The number of ether oxygens (including phenoxy) is 2. The van der Waals surface area contributed by atoms with Crippen LogP contribution in [0, 0.1) is 0 Å². The number of hydrogen-bond donors (Lipinski definition) is 1. The summed E-state index contributed by atoms with van der Waals surface area (Å²) < 4.78 is 9.93. The van der Waals surface area contributed by atoms with Crippen molar-refractivity contribution in [3.05, 3.63) is 0 Å². The molecule has 0 radical (unpaired) electrons. The Balaban J connectivity index is 3.39. The maximum atomic E-state index is 8.80. The molecule has 0 amide bonds. The Hall–Kier alpha value is -0.120. The molecule has 0 saturated carbocycles. The van der Waals surface area contributed by atoms with Crippen molar-refractivity contribution in [2.75, 3.05) is 13.7 Å². The van der Waals surface area contributed by atoms with E-state index in [2.05, 4.69) is 0 Å². The minimum Gasteiger partial charge on any atom is -0.382 e. The summed E-state index contributed by atoms with van der Waals surface area (Å²) in [5.74, 6) is 0. The van der Waals surface area contributed by atoms with E-state index in [9.17, 15) is 0 Å². The molecule has 3 nitrogen and oxygen atoms in total. The van der Waals surface area contributed by atoms with E-state index in [4.69, 9.17) is 14.6 Å². The lowest BCUT2D eigenvalue weighted by Gasteiger charge is -2.16. The lowest BCUT2D eigenvalue weighted by molar-refractivity contribution is -0.139. The van der Waals surface area contributed by atoms with Crippen molar-refractivity contribution >= 4 is 0 Å². The van der Waals surface area contributed by atoms with E-state index < -0.39 is 6.29 Å². The summed E-state index contributed by atoms with van der Waals surface area (Å²) in [7, 11) is 1.62. The fourth-order valence-corrected chi connectivity index (χ4v) is 0.718. The van der Waals surface area contributed by atoms with Crippen molar-refractivity contribution in [3.63, 3.8) is 0 Å². The van der Waals surface area contributed by atoms with Crippen LogP contribution >= 0.6 is 0 Å². The highest BCUT2D eigenvalue weighted by Gasteiger charge is 2.07. The maximum Gasteiger partial charge on any atom is 0.152 e. The second-order valence-electron chi connectivity index (χ2n) is 2.22. The predicted octanol–water partition coefficient (Wildman–Crippen LogP) is 0.766. The molecule has 10 heavy (non-hydrogen) atoms. The summed E-state index contributed by atoms with van der Waals surface area (Å²) in [6.07, 6.45) is 0.184. The summed E-state index contributed by atoms with van der Waals surface area (Å²) in [5.41, 5.74) is 0. The van der Waals surface area contributed by atoms with Gasteiger partial charge in [-0.2, -0.15) is 0 Å². The molecule has 0 rings (SSSR count). The van der Waals surface area contributed by atoms with Crippen LogP contribution in [0.25, 0.3) is 0 Å². The molecule has 0 spiro atoms. The van der Waals surface area contributed by atoms with Gasteiger partial charge in [-0.15, -0.1) is 0 Å². The molecule has 0 saturated heterocycles. The molecular weight excluding hydrogens is 132 g/mol. The predicted molar refractivity (Wildman–Crippen MR) is 38.7 cm³/mol. The van der Waals surface area contributed by atoms with Crippen LogP contribution < -0.4 is 0 Å². The van der Waals surface area contributed by atoms with E-state index in [1.165, 1.54) is 0 Å². The fraction of sp³-hybridized carbons (Fsp3) is 1.00. The molecule has 0 aromatic rings.